The second-order valence-corrected chi connectivity index (χ2v) is 4.87. The second-order valence-electron chi connectivity index (χ2n) is 4.87. The highest BCUT2D eigenvalue weighted by Gasteiger charge is 2.00. The molecule has 21 heavy (non-hydrogen) atoms. The third-order valence-electron chi connectivity index (χ3n) is 2.67. The molecule has 4 nitrogen and oxygen atoms in total. The summed E-state index contributed by atoms with van der Waals surface area (Å²) >= 11 is 0. The third kappa shape index (κ3) is 5.18. The minimum absolute atomic E-state index is 0.126. The van der Waals surface area contributed by atoms with Crippen LogP contribution in [0.15, 0.2) is 53.2 Å². The van der Waals surface area contributed by atoms with Gasteiger partial charge in [-0.2, -0.15) is 0 Å². The zero-order valence-corrected chi connectivity index (χ0v) is 12.2. The first-order valence-electron chi connectivity index (χ1n) is 6.88. The monoisotopic (exact) mass is 285 g/mol. The molecule has 0 saturated carbocycles. The molecule has 1 heterocycles. The Hall–Kier alpha value is -2.49. The molecule has 0 aliphatic carbocycles. The number of hydrogen-bond donors (Lipinski definition) is 1. The normalized spacial score (nSPS) is 11.0. The van der Waals surface area contributed by atoms with Gasteiger partial charge < -0.3 is 14.5 Å². The SMILES string of the molecule is CC(C)Oc1cccc(/C=C/C(=O)NCc2ccco2)c1. The highest BCUT2D eigenvalue weighted by molar-refractivity contribution is 5.91. The molecular formula is C17H19NO3. The standard InChI is InChI=1S/C17H19NO3/c1-13(2)21-15-6-3-5-14(11-15)8-9-17(19)18-12-16-7-4-10-20-16/h3-11,13H,12H2,1-2H3,(H,18,19)/b9-8+. The zero-order chi connectivity index (χ0) is 15.1. The van der Waals surface area contributed by atoms with Crippen LogP contribution in [0.2, 0.25) is 0 Å². The maximum Gasteiger partial charge on any atom is 0.244 e. The van der Waals surface area contributed by atoms with Crippen molar-refractivity contribution in [3.8, 4) is 5.75 Å². The lowest BCUT2D eigenvalue weighted by atomic mass is 10.2. The highest BCUT2D eigenvalue weighted by Crippen LogP contribution is 2.15. The fourth-order valence-electron chi connectivity index (χ4n) is 1.78. The lowest BCUT2D eigenvalue weighted by molar-refractivity contribution is -0.116. The van der Waals surface area contributed by atoms with Crippen LogP contribution in [0.5, 0.6) is 5.75 Å². The largest absolute Gasteiger partial charge is 0.491 e. The fourth-order valence-corrected chi connectivity index (χ4v) is 1.78. The van der Waals surface area contributed by atoms with Crippen molar-refractivity contribution in [2.45, 2.75) is 26.5 Å². The van der Waals surface area contributed by atoms with Gasteiger partial charge in [0.2, 0.25) is 5.91 Å². The molecule has 2 rings (SSSR count). The highest BCUT2D eigenvalue weighted by atomic mass is 16.5. The van der Waals surface area contributed by atoms with Crippen molar-refractivity contribution in [1.29, 1.82) is 0 Å². The molecule has 1 aromatic heterocycles. The van der Waals surface area contributed by atoms with E-state index < -0.39 is 0 Å². The summed E-state index contributed by atoms with van der Waals surface area (Å²) in [6.45, 7) is 4.34. The van der Waals surface area contributed by atoms with Gasteiger partial charge in [-0.05, 0) is 49.8 Å². The van der Waals surface area contributed by atoms with Crippen molar-refractivity contribution in [2.75, 3.05) is 0 Å². The smallest absolute Gasteiger partial charge is 0.244 e. The van der Waals surface area contributed by atoms with E-state index in [0.29, 0.717) is 6.54 Å². The summed E-state index contributed by atoms with van der Waals surface area (Å²) in [5.74, 6) is 1.36. The van der Waals surface area contributed by atoms with Crippen molar-refractivity contribution < 1.29 is 13.9 Å². The van der Waals surface area contributed by atoms with Gasteiger partial charge in [0.05, 0.1) is 18.9 Å². The first-order valence-corrected chi connectivity index (χ1v) is 6.88. The molecule has 0 atom stereocenters. The van der Waals surface area contributed by atoms with Gasteiger partial charge in [-0.1, -0.05) is 12.1 Å². The van der Waals surface area contributed by atoms with E-state index in [1.54, 1.807) is 18.4 Å². The van der Waals surface area contributed by atoms with Crippen LogP contribution in [0.1, 0.15) is 25.2 Å². The first-order chi connectivity index (χ1) is 10.1. The van der Waals surface area contributed by atoms with Gasteiger partial charge in [0, 0.05) is 6.08 Å². The molecule has 0 radical (unpaired) electrons. The predicted octanol–water partition coefficient (Wildman–Crippen LogP) is 3.40. The molecule has 0 fully saturated rings. The Bertz CT molecular complexity index is 600. The van der Waals surface area contributed by atoms with E-state index in [1.165, 1.54) is 6.08 Å². The van der Waals surface area contributed by atoms with Crippen LogP contribution in [-0.4, -0.2) is 12.0 Å². The van der Waals surface area contributed by atoms with Gasteiger partial charge >= 0.3 is 0 Å². The summed E-state index contributed by atoms with van der Waals surface area (Å²) in [7, 11) is 0. The number of ether oxygens (including phenoxy) is 1. The number of rotatable bonds is 6. The quantitative estimate of drug-likeness (QED) is 0.828. The molecule has 0 aliphatic rings. The number of furan rings is 1. The van der Waals surface area contributed by atoms with Crippen molar-refractivity contribution in [1.82, 2.24) is 5.32 Å². The van der Waals surface area contributed by atoms with E-state index in [9.17, 15) is 4.79 Å². The van der Waals surface area contributed by atoms with Crippen LogP contribution in [-0.2, 0) is 11.3 Å². The van der Waals surface area contributed by atoms with Crippen LogP contribution < -0.4 is 10.1 Å². The van der Waals surface area contributed by atoms with Crippen LogP contribution in [0.25, 0.3) is 6.08 Å². The Morgan fingerprint density at radius 3 is 2.90 bits per heavy atom. The molecule has 0 saturated heterocycles. The maximum absolute atomic E-state index is 11.7. The average Bonchev–Trinajstić information content (AvgIpc) is 2.96. The van der Waals surface area contributed by atoms with Gasteiger partial charge in [-0.25, -0.2) is 0 Å². The molecule has 0 bridgehead atoms. The summed E-state index contributed by atoms with van der Waals surface area (Å²) in [6.07, 6.45) is 4.96. The van der Waals surface area contributed by atoms with E-state index in [0.717, 1.165) is 17.1 Å². The molecule has 4 heteroatoms. The molecular weight excluding hydrogens is 266 g/mol. The van der Waals surface area contributed by atoms with Crippen molar-refractivity contribution in [3.63, 3.8) is 0 Å². The summed E-state index contributed by atoms with van der Waals surface area (Å²) in [5, 5.41) is 2.75. The number of carbonyl (C=O) groups excluding carboxylic acids is 1. The number of benzene rings is 1. The predicted molar refractivity (Wildman–Crippen MR) is 81.8 cm³/mol. The molecule has 110 valence electrons. The number of hydrogen-bond acceptors (Lipinski definition) is 3. The Morgan fingerprint density at radius 2 is 2.19 bits per heavy atom. The van der Waals surface area contributed by atoms with E-state index in [4.69, 9.17) is 9.15 Å². The topological polar surface area (TPSA) is 51.5 Å². The second kappa shape index (κ2) is 7.33. The third-order valence-corrected chi connectivity index (χ3v) is 2.67. The van der Waals surface area contributed by atoms with E-state index in [1.807, 2.05) is 44.2 Å². The molecule has 1 aromatic carbocycles. The van der Waals surface area contributed by atoms with Crippen LogP contribution in [0.3, 0.4) is 0 Å². The molecule has 1 amide bonds. The van der Waals surface area contributed by atoms with E-state index in [-0.39, 0.29) is 12.0 Å². The summed E-state index contributed by atoms with van der Waals surface area (Å²) in [5.41, 5.74) is 0.918. The number of nitrogens with one attached hydrogen (secondary N) is 1. The molecule has 0 spiro atoms. The lowest BCUT2D eigenvalue weighted by Crippen LogP contribution is -2.19. The summed E-state index contributed by atoms with van der Waals surface area (Å²) in [6, 6.07) is 11.2. The van der Waals surface area contributed by atoms with Crippen LogP contribution in [0, 0.1) is 0 Å². The maximum atomic E-state index is 11.7. The van der Waals surface area contributed by atoms with Gasteiger partial charge in [-0.15, -0.1) is 0 Å². The van der Waals surface area contributed by atoms with E-state index >= 15 is 0 Å². The molecule has 0 aliphatic heterocycles. The minimum atomic E-state index is -0.165. The lowest BCUT2D eigenvalue weighted by Gasteiger charge is -2.09. The van der Waals surface area contributed by atoms with Gasteiger partial charge in [0.25, 0.3) is 0 Å². The van der Waals surface area contributed by atoms with Crippen LogP contribution >= 0.6 is 0 Å². The van der Waals surface area contributed by atoms with Gasteiger partial charge in [0.15, 0.2) is 0 Å². The molecule has 2 aromatic rings. The molecule has 1 N–H and O–H groups in total. The summed E-state index contributed by atoms with van der Waals surface area (Å²) in [4.78, 5) is 11.7. The van der Waals surface area contributed by atoms with Crippen molar-refractivity contribution in [3.05, 3.63) is 60.1 Å². The average molecular weight is 285 g/mol. The minimum Gasteiger partial charge on any atom is -0.491 e. The first kappa shape index (κ1) is 14.9. The Balaban J connectivity index is 1.89. The summed E-state index contributed by atoms with van der Waals surface area (Å²) < 4.78 is 10.8. The van der Waals surface area contributed by atoms with Crippen molar-refractivity contribution >= 4 is 12.0 Å². The Morgan fingerprint density at radius 1 is 1.33 bits per heavy atom. The number of amides is 1. The van der Waals surface area contributed by atoms with Gasteiger partial charge in [-0.3, -0.25) is 4.79 Å². The molecule has 0 unspecified atom stereocenters. The number of carbonyl (C=O) groups is 1. The van der Waals surface area contributed by atoms with E-state index in [2.05, 4.69) is 5.32 Å². The van der Waals surface area contributed by atoms with Gasteiger partial charge in [0.1, 0.15) is 11.5 Å². The van der Waals surface area contributed by atoms with Crippen molar-refractivity contribution in [2.24, 2.45) is 0 Å². The Labute approximate surface area is 124 Å². The Kier molecular flexibility index (Phi) is 5.21. The zero-order valence-electron chi connectivity index (χ0n) is 12.2. The fraction of sp³-hybridized carbons (Fsp3) is 0.235. The van der Waals surface area contributed by atoms with Crippen LogP contribution in [0.4, 0.5) is 0 Å².